The van der Waals surface area contributed by atoms with Crippen molar-refractivity contribution in [3.05, 3.63) is 36.0 Å². The van der Waals surface area contributed by atoms with E-state index in [9.17, 15) is 0 Å². The third-order valence-corrected chi connectivity index (χ3v) is 3.45. The number of nitrogens with zero attached hydrogens (tertiary/aromatic N) is 3. The summed E-state index contributed by atoms with van der Waals surface area (Å²) in [6.45, 7) is 5.18. The summed E-state index contributed by atoms with van der Waals surface area (Å²) in [6, 6.07) is 8.10. The van der Waals surface area contributed by atoms with Gasteiger partial charge in [0.15, 0.2) is 0 Å². The first-order valence-corrected chi connectivity index (χ1v) is 6.56. The molecule has 1 aliphatic heterocycles. The number of benzene rings is 1. The van der Waals surface area contributed by atoms with Gasteiger partial charge in [0.05, 0.1) is 18.4 Å². The Hall–Kier alpha value is -2.17. The minimum atomic E-state index is 0.707. The molecule has 0 spiro atoms. The third-order valence-electron chi connectivity index (χ3n) is 3.45. The predicted octanol–water partition coefficient (Wildman–Crippen LogP) is 1.88. The van der Waals surface area contributed by atoms with Crippen LogP contribution >= 0.6 is 0 Å². The first-order chi connectivity index (χ1) is 9.29. The van der Waals surface area contributed by atoms with Gasteiger partial charge in [-0.15, -0.1) is 0 Å². The van der Waals surface area contributed by atoms with Crippen LogP contribution in [0.5, 0.6) is 5.75 Å². The smallest absolute Gasteiger partial charge is 0.142 e. The Bertz CT molecular complexity index is 579. The van der Waals surface area contributed by atoms with Crippen molar-refractivity contribution in [2.24, 2.45) is 0 Å². The molecule has 1 aromatic heterocycles. The largest absolute Gasteiger partial charge is 0.490 e. The fourth-order valence-electron chi connectivity index (χ4n) is 2.40. The van der Waals surface area contributed by atoms with E-state index in [-0.39, 0.29) is 0 Å². The van der Waals surface area contributed by atoms with Crippen LogP contribution in [-0.2, 0) is 13.1 Å². The van der Waals surface area contributed by atoms with Crippen LogP contribution in [0.2, 0.25) is 0 Å². The van der Waals surface area contributed by atoms with E-state index in [0.29, 0.717) is 6.61 Å². The molecule has 19 heavy (non-hydrogen) atoms. The van der Waals surface area contributed by atoms with E-state index in [0.717, 1.165) is 42.5 Å². The van der Waals surface area contributed by atoms with E-state index in [1.54, 1.807) is 0 Å². The molecule has 5 heteroatoms. The summed E-state index contributed by atoms with van der Waals surface area (Å²) in [7, 11) is 0. The van der Waals surface area contributed by atoms with Crippen molar-refractivity contribution in [2.45, 2.75) is 20.0 Å². The second-order valence-corrected chi connectivity index (χ2v) is 4.61. The molecule has 0 aliphatic carbocycles. The normalized spacial score (nSPS) is 14.1. The molecule has 2 heterocycles. The summed E-state index contributed by atoms with van der Waals surface area (Å²) in [6.07, 6.45) is 1.86. The Morgan fingerprint density at radius 2 is 2.21 bits per heavy atom. The van der Waals surface area contributed by atoms with E-state index in [2.05, 4.69) is 16.1 Å². The quantitative estimate of drug-likeness (QED) is 0.913. The molecule has 2 aromatic rings. The summed E-state index contributed by atoms with van der Waals surface area (Å²) in [4.78, 5) is 2.28. The van der Waals surface area contributed by atoms with Crippen molar-refractivity contribution < 1.29 is 4.74 Å². The maximum atomic E-state index is 6.09. The van der Waals surface area contributed by atoms with Gasteiger partial charge >= 0.3 is 0 Å². The summed E-state index contributed by atoms with van der Waals surface area (Å²) in [5, 5.41) is 4.29. The maximum absolute atomic E-state index is 6.09. The first kappa shape index (κ1) is 11.9. The zero-order chi connectivity index (χ0) is 13.2. The summed E-state index contributed by atoms with van der Waals surface area (Å²) >= 11 is 0. The van der Waals surface area contributed by atoms with Crippen LogP contribution in [0, 0.1) is 0 Å². The number of fused-ring (bicyclic) bond motifs is 1. The first-order valence-electron chi connectivity index (χ1n) is 6.56. The van der Waals surface area contributed by atoms with Crippen molar-refractivity contribution in [3.63, 3.8) is 0 Å². The van der Waals surface area contributed by atoms with Crippen molar-refractivity contribution in [1.82, 2.24) is 9.78 Å². The lowest BCUT2D eigenvalue weighted by Gasteiger charge is -2.31. The van der Waals surface area contributed by atoms with Crippen LogP contribution in [0.25, 0.3) is 0 Å². The Morgan fingerprint density at radius 3 is 3.00 bits per heavy atom. The SMILES string of the molecule is CCn1ncc(CN2CCOc3ccccc32)c1N. The Balaban J connectivity index is 1.86. The van der Waals surface area contributed by atoms with E-state index in [1.807, 2.05) is 36.0 Å². The van der Waals surface area contributed by atoms with Crippen molar-refractivity contribution >= 4 is 11.5 Å². The molecule has 2 N–H and O–H groups in total. The van der Waals surface area contributed by atoms with Gasteiger partial charge in [0.2, 0.25) is 0 Å². The lowest BCUT2D eigenvalue weighted by molar-refractivity contribution is 0.307. The Morgan fingerprint density at radius 1 is 1.37 bits per heavy atom. The van der Waals surface area contributed by atoms with Crippen molar-refractivity contribution in [3.8, 4) is 5.75 Å². The molecule has 0 saturated carbocycles. The van der Waals surface area contributed by atoms with Gasteiger partial charge in [-0.25, -0.2) is 0 Å². The molecule has 0 radical (unpaired) electrons. The van der Waals surface area contributed by atoms with Gasteiger partial charge in [0, 0.05) is 18.7 Å². The number of para-hydroxylation sites is 2. The highest BCUT2D eigenvalue weighted by molar-refractivity contribution is 5.60. The third kappa shape index (κ3) is 2.12. The van der Waals surface area contributed by atoms with Crippen molar-refractivity contribution in [2.75, 3.05) is 23.8 Å². The predicted molar refractivity (Wildman–Crippen MR) is 75.3 cm³/mol. The fourth-order valence-corrected chi connectivity index (χ4v) is 2.40. The standard InChI is InChI=1S/C14H18N4O/c1-2-18-14(15)11(9-16-18)10-17-7-8-19-13-6-4-3-5-12(13)17/h3-6,9H,2,7-8,10,15H2,1H3. The molecule has 3 rings (SSSR count). The van der Waals surface area contributed by atoms with E-state index < -0.39 is 0 Å². The zero-order valence-electron chi connectivity index (χ0n) is 11.0. The minimum Gasteiger partial charge on any atom is -0.490 e. The number of rotatable bonds is 3. The van der Waals surface area contributed by atoms with Gasteiger partial charge in [0.1, 0.15) is 18.2 Å². The highest BCUT2D eigenvalue weighted by Gasteiger charge is 2.19. The highest BCUT2D eigenvalue weighted by atomic mass is 16.5. The van der Waals surface area contributed by atoms with Crippen LogP contribution in [0.4, 0.5) is 11.5 Å². The number of aryl methyl sites for hydroxylation is 1. The number of hydrogen-bond acceptors (Lipinski definition) is 4. The Labute approximate surface area is 112 Å². The van der Waals surface area contributed by atoms with Gasteiger partial charge in [0.25, 0.3) is 0 Å². The molecule has 0 bridgehead atoms. The lowest BCUT2D eigenvalue weighted by Crippen LogP contribution is -2.32. The average Bonchev–Trinajstić information content (AvgIpc) is 2.80. The summed E-state index contributed by atoms with van der Waals surface area (Å²) in [5.41, 5.74) is 8.28. The molecule has 0 saturated heterocycles. The molecular weight excluding hydrogens is 240 g/mol. The minimum absolute atomic E-state index is 0.707. The fraction of sp³-hybridized carbons (Fsp3) is 0.357. The molecule has 100 valence electrons. The number of ether oxygens (including phenoxy) is 1. The van der Waals surface area contributed by atoms with Gasteiger partial charge < -0.3 is 15.4 Å². The summed E-state index contributed by atoms with van der Waals surface area (Å²) in [5.74, 6) is 1.70. The number of nitrogen functional groups attached to an aromatic ring is 1. The van der Waals surface area contributed by atoms with Crippen LogP contribution < -0.4 is 15.4 Å². The molecule has 0 atom stereocenters. The molecule has 5 nitrogen and oxygen atoms in total. The van der Waals surface area contributed by atoms with E-state index in [1.165, 1.54) is 0 Å². The zero-order valence-corrected chi connectivity index (χ0v) is 11.0. The number of nitrogens with two attached hydrogens (primary N) is 1. The van der Waals surface area contributed by atoms with Crippen LogP contribution in [0.3, 0.4) is 0 Å². The van der Waals surface area contributed by atoms with Gasteiger partial charge in [-0.1, -0.05) is 12.1 Å². The topological polar surface area (TPSA) is 56.3 Å². The molecule has 1 aliphatic rings. The lowest BCUT2D eigenvalue weighted by atomic mass is 10.2. The molecule has 0 amide bonds. The molecule has 1 aromatic carbocycles. The van der Waals surface area contributed by atoms with Gasteiger partial charge in [-0.3, -0.25) is 4.68 Å². The molecular formula is C14H18N4O. The van der Waals surface area contributed by atoms with Gasteiger partial charge in [-0.05, 0) is 19.1 Å². The van der Waals surface area contributed by atoms with Crippen molar-refractivity contribution in [1.29, 1.82) is 0 Å². The van der Waals surface area contributed by atoms with E-state index in [4.69, 9.17) is 10.5 Å². The van der Waals surface area contributed by atoms with Crippen LogP contribution in [0.15, 0.2) is 30.5 Å². The number of anilines is 2. The second kappa shape index (κ2) is 4.84. The Kier molecular flexibility index (Phi) is 3.03. The second-order valence-electron chi connectivity index (χ2n) is 4.61. The van der Waals surface area contributed by atoms with Crippen LogP contribution in [0.1, 0.15) is 12.5 Å². The van der Waals surface area contributed by atoms with E-state index >= 15 is 0 Å². The number of hydrogen-bond donors (Lipinski definition) is 1. The van der Waals surface area contributed by atoms with Gasteiger partial charge in [-0.2, -0.15) is 5.10 Å². The van der Waals surface area contributed by atoms with Crippen LogP contribution in [-0.4, -0.2) is 22.9 Å². The highest BCUT2D eigenvalue weighted by Crippen LogP contribution is 2.32. The molecule has 0 unspecified atom stereocenters. The average molecular weight is 258 g/mol. The summed E-state index contributed by atoms with van der Waals surface area (Å²) < 4.78 is 7.48. The molecule has 0 fully saturated rings. The number of aromatic nitrogens is 2. The maximum Gasteiger partial charge on any atom is 0.142 e. The monoisotopic (exact) mass is 258 g/mol.